The maximum absolute atomic E-state index is 12.2. The summed E-state index contributed by atoms with van der Waals surface area (Å²) in [6.07, 6.45) is 6.08. The Labute approximate surface area is 136 Å². The van der Waals surface area contributed by atoms with Crippen molar-refractivity contribution >= 4 is 11.6 Å². The fourth-order valence-electron chi connectivity index (χ4n) is 2.93. The zero-order valence-electron chi connectivity index (χ0n) is 13.7. The number of nitrogens with one attached hydrogen (secondary N) is 1. The zero-order chi connectivity index (χ0) is 16.2. The number of hydrogen-bond donors (Lipinski definition) is 1. The van der Waals surface area contributed by atoms with Gasteiger partial charge in [0.25, 0.3) is 5.91 Å². The lowest BCUT2D eigenvalue weighted by molar-refractivity contribution is -0.118. The summed E-state index contributed by atoms with van der Waals surface area (Å²) in [5.74, 6) is 0.658. The summed E-state index contributed by atoms with van der Waals surface area (Å²) in [4.78, 5) is 16.6. The van der Waals surface area contributed by atoms with Crippen molar-refractivity contribution in [3.63, 3.8) is 0 Å². The van der Waals surface area contributed by atoms with Gasteiger partial charge in [-0.2, -0.15) is 0 Å². The van der Waals surface area contributed by atoms with Gasteiger partial charge in [0.2, 0.25) is 0 Å². The van der Waals surface area contributed by atoms with Crippen molar-refractivity contribution < 1.29 is 9.53 Å². The normalized spacial score (nSPS) is 13.3. The molecule has 0 saturated carbocycles. The smallest absolute Gasteiger partial charge is 0.262 e. The van der Waals surface area contributed by atoms with Gasteiger partial charge >= 0.3 is 0 Å². The molecule has 1 amide bonds. The molecule has 0 unspecified atom stereocenters. The summed E-state index contributed by atoms with van der Waals surface area (Å²) >= 11 is 0. The summed E-state index contributed by atoms with van der Waals surface area (Å²) < 4.78 is 5.76. The molecule has 4 heteroatoms. The number of aryl methyl sites for hydroxylation is 3. The quantitative estimate of drug-likeness (QED) is 0.939. The van der Waals surface area contributed by atoms with Gasteiger partial charge in [-0.15, -0.1) is 0 Å². The third-order valence-corrected chi connectivity index (χ3v) is 4.22. The van der Waals surface area contributed by atoms with Crippen LogP contribution in [0.2, 0.25) is 0 Å². The minimum atomic E-state index is -0.139. The lowest BCUT2D eigenvalue weighted by Gasteiger charge is -2.18. The minimum Gasteiger partial charge on any atom is -0.483 e. The van der Waals surface area contributed by atoms with Crippen LogP contribution >= 0.6 is 0 Å². The van der Waals surface area contributed by atoms with Crippen LogP contribution in [0.15, 0.2) is 30.5 Å². The Kier molecular flexibility index (Phi) is 4.60. The highest BCUT2D eigenvalue weighted by molar-refractivity contribution is 5.92. The van der Waals surface area contributed by atoms with E-state index in [4.69, 9.17) is 4.74 Å². The van der Waals surface area contributed by atoms with E-state index in [-0.39, 0.29) is 12.5 Å². The van der Waals surface area contributed by atoms with Gasteiger partial charge in [-0.3, -0.25) is 9.78 Å². The standard InChI is InChI=1S/C19H22N2O2/c1-13-7-8-14(2)17(11-13)21-19(22)12-23-18-9-10-20-16-6-4-3-5-15(16)18/h7-11H,3-6,12H2,1-2H3,(H,21,22). The summed E-state index contributed by atoms with van der Waals surface area (Å²) in [6, 6.07) is 7.87. The van der Waals surface area contributed by atoms with E-state index >= 15 is 0 Å². The molecule has 0 spiro atoms. The summed E-state index contributed by atoms with van der Waals surface area (Å²) in [6.45, 7) is 4.01. The molecule has 0 bridgehead atoms. The number of fused-ring (bicyclic) bond motifs is 1. The molecule has 23 heavy (non-hydrogen) atoms. The van der Waals surface area contributed by atoms with Crippen molar-refractivity contribution in [3.8, 4) is 5.75 Å². The number of amides is 1. The number of anilines is 1. The molecule has 0 atom stereocenters. The van der Waals surface area contributed by atoms with E-state index in [1.807, 2.05) is 38.1 Å². The maximum atomic E-state index is 12.2. The second-order valence-electron chi connectivity index (χ2n) is 6.10. The van der Waals surface area contributed by atoms with E-state index in [1.165, 1.54) is 12.0 Å². The van der Waals surface area contributed by atoms with Crippen LogP contribution in [0.1, 0.15) is 35.2 Å². The molecule has 0 aliphatic heterocycles. The predicted molar refractivity (Wildman–Crippen MR) is 90.9 cm³/mol. The van der Waals surface area contributed by atoms with Gasteiger partial charge in [0.05, 0.1) is 0 Å². The molecule has 1 N–H and O–H groups in total. The van der Waals surface area contributed by atoms with Crippen LogP contribution in [0.4, 0.5) is 5.69 Å². The third-order valence-electron chi connectivity index (χ3n) is 4.22. The number of aromatic nitrogens is 1. The first kappa shape index (κ1) is 15.5. The van der Waals surface area contributed by atoms with Crippen LogP contribution in [0, 0.1) is 13.8 Å². The molecular weight excluding hydrogens is 288 g/mol. The second kappa shape index (κ2) is 6.82. The first-order valence-electron chi connectivity index (χ1n) is 8.10. The monoisotopic (exact) mass is 310 g/mol. The molecule has 1 heterocycles. The Morgan fingerprint density at radius 3 is 2.91 bits per heavy atom. The average molecular weight is 310 g/mol. The number of carbonyl (C=O) groups excluding carboxylic acids is 1. The van der Waals surface area contributed by atoms with Crippen molar-refractivity contribution in [2.45, 2.75) is 39.5 Å². The molecule has 1 aliphatic carbocycles. The summed E-state index contributed by atoms with van der Waals surface area (Å²) in [5, 5.41) is 2.92. The Morgan fingerprint density at radius 2 is 2.04 bits per heavy atom. The number of ether oxygens (including phenoxy) is 1. The Morgan fingerprint density at radius 1 is 1.22 bits per heavy atom. The molecule has 1 aliphatic rings. The molecule has 120 valence electrons. The summed E-state index contributed by atoms with van der Waals surface area (Å²) in [5.41, 5.74) is 5.29. The Balaban J connectivity index is 1.64. The number of nitrogens with zero attached hydrogens (tertiary/aromatic N) is 1. The zero-order valence-corrected chi connectivity index (χ0v) is 13.7. The predicted octanol–water partition coefficient (Wildman–Crippen LogP) is 3.59. The van der Waals surface area contributed by atoms with Gasteiger partial charge in [-0.25, -0.2) is 0 Å². The van der Waals surface area contributed by atoms with Crippen LogP contribution in [-0.4, -0.2) is 17.5 Å². The van der Waals surface area contributed by atoms with E-state index in [2.05, 4.69) is 10.3 Å². The third kappa shape index (κ3) is 3.70. The van der Waals surface area contributed by atoms with Gasteiger partial charge in [0, 0.05) is 23.1 Å². The molecule has 2 aromatic rings. The van der Waals surface area contributed by atoms with Crippen LogP contribution in [0.5, 0.6) is 5.75 Å². The van der Waals surface area contributed by atoms with Gasteiger partial charge in [0.1, 0.15) is 5.75 Å². The van der Waals surface area contributed by atoms with E-state index in [1.54, 1.807) is 6.20 Å². The highest BCUT2D eigenvalue weighted by Crippen LogP contribution is 2.27. The van der Waals surface area contributed by atoms with Crippen molar-refractivity contribution in [1.82, 2.24) is 4.98 Å². The lowest BCUT2D eigenvalue weighted by atomic mass is 9.95. The van der Waals surface area contributed by atoms with Crippen LogP contribution in [-0.2, 0) is 17.6 Å². The van der Waals surface area contributed by atoms with Gasteiger partial charge in [0.15, 0.2) is 6.61 Å². The van der Waals surface area contributed by atoms with Gasteiger partial charge in [-0.05, 0) is 62.8 Å². The number of rotatable bonds is 4. The van der Waals surface area contributed by atoms with E-state index < -0.39 is 0 Å². The largest absolute Gasteiger partial charge is 0.483 e. The van der Waals surface area contributed by atoms with Gasteiger partial charge < -0.3 is 10.1 Å². The number of pyridine rings is 1. The second-order valence-corrected chi connectivity index (χ2v) is 6.10. The van der Waals surface area contributed by atoms with Crippen LogP contribution in [0.25, 0.3) is 0 Å². The molecule has 0 saturated heterocycles. The first-order chi connectivity index (χ1) is 11.1. The molecular formula is C19H22N2O2. The Bertz CT molecular complexity index is 725. The molecule has 1 aromatic carbocycles. The van der Waals surface area contributed by atoms with Crippen molar-refractivity contribution in [3.05, 3.63) is 52.8 Å². The van der Waals surface area contributed by atoms with Crippen LogP contribution in [0.3, 0.4) is 0 Å². The maximum Gasteiger partial charge on any atom is 0.262 e. The number of hydrogen-bond acceptors (Lipinski definition) is 3. The average Bonchev–Trinajstić information content (AvgIpc) is 2.56. The molecule has 0 radical (unpaired) electrons. The van der Waals surface area contributed by atoms with E-state index in [0.29, 0.717) is 0 Å². The van der Waals surface area contributed by atoms with Crippen molar-refractivity contribution in [2.75, 3.05) is 11.9 Å². The highest BCUT2D eigenvalue weighted by atomic mass is 16.5. The Hall–Kier alpha value is -2.36. The van der Waals surface area contributed by atoms with E-state index in [0.717, 1.165) is 47.5 Å². The van der Waals surface area contributed by atoms with Crippen molar-refractivity contribution in [2.24, 2.45) is 0 Å². The molecule has 3 rings (SSSR count). The minimum absolute atomic E-state index is 0.0177. The van der Waals surface area contributed by atoms with E-state index in [9.17, 15) is 4.79 Å². The fourth-order valence-corrected chi connectivity index (χ4v) is 2.93. The first-order valence-corrected chi connectivity index (χ1v) is 8.10. The van der Waals surface area contributed by atoms with Crippen molar-refractivity contribution in [1.29, 1.82) is 0 Å². The molecule has 0 fully saturated rings. The lowest BCUT2D eigenvalue weighted by Crippen LogP contribution is -2.21. The van der Waals surface area contributed by atoms with Gasteiger partial charge in [-0.1, -0.05) is 12.1 Å². The number of benzene rings is 1. The fraction of sp³-hybridized carbons (Fsp3) is 0.368. The topological polar surface area (TPSA) is 51.2 Å². The molecule has 1 aromatic heterocycles. The van der Waals surface area contributed by atoms with Crippen LogP contribution < -0.4 is 10.1 Å². The molecule has 4 nitrogen and oxygen atoms in total. The number of carbonyl (C=O) groups is 1. The summed E-state index contributed by atoms with van der Waals surface area (Å²) in [7, 11) is 0. The highest BCUT2D eigenvalue weighted by Gasteiger charge is 2.16. The SMILES string of the molecule is Cc1ccc(C)c(NC(=O)COc2ccnc3c2CCCC3)c1.